The number of carbonyl (C=O) groups excluding carboxylic acids is 1. The van der Waals surface area contributed by atoms with Crippen molar-refractivity contribution in [3.63, 3.8) is 0 Å². The number of rotatable bonds is 9. The van der Waals surface area contributed by atoms with Crippen molar-refractivity contribution in [2.75, 3.05) is 12.8 Å². The average molecular weight is 445 g/mol. The SMILES string of the molecule is CCC(CC)(CP(=O)(O)O)C(C(=O)c1ccccc1)(c1ccccc1)C1CCCCO1. The highest BCUT2D eigenvalue weighted by molar-refractivity contribution is 7.51. The fourth-order valence-corrected chi connectivity index (χ4v) is 6.99. The number of ether oxygens (including phenoxy) is 1. The van der Waals surface area contributed by atoms with Crippen LogP contribution in [-0.2, 0) is 14.7 Å². The highest BCUT2D eigenvalue weighted by Gasteiger charge is 2.62. The molecule has 0 spiro atoms. The molecule has 3 rings (SSSR count). The molecule has 1 fully saturated rings. The molecular formula is C25H33O5P. The molecule has 0 bridgehead atoms. The lowest BCUT2D eigenvalue weighted by Crippen LogP contribution is -2.61. The van der Waals surface area contributed by atoms with Crippen LogP contribution in [0.4, 0.5) is 0 Å². The third-order valence-electron chi connectivity index (χ3n) is 6.98. The molecule has 2 N–H and O–H groups in total. The normalized spacial score (nSPS) is 19.5. The first-order valence-corrected chi connectivity index (χ1v) is 12.9. The molecule has 168 valence electrons. The minimum Gasteiger partial charge on any atom is -0.377 e. The fraction of sp³-hybridized carbons (Fsp3) is 0.480. The summed E-state index contributed by atoms with van der Waals surface area (Å²) < 4.78 is 18.7. The number of carbonyl (C=O) groups is 1. The Kier molecular flexibility index (Phi) is 7.54. The fourth-order valence-electron chi connectivity index (χ4n) is 5.50. The molecule has 0 saturated carbocycles. The van der Waals surface area contributed by atoms with Gasteiger partial charge in [-0.3, -0.25) is 9.36 Å². The third-order valence-corrected chi connectivity index (χ3v) is 8.00. The minimum atomic E-state index is -4.43. The Bertz CT molecular complexity index is 898. The van der Waals surface area contributed by atoms with Gasteiger partial charge in [0.05, 0.1) is 17.7 Å². The van der Waals surface area contributed by atoms with E-state index in [4.69, 9.17) is 4.74 Å². The second-order valence-electron chi connectivity index (χ2n) is 8.53. The summed E-state index contributed by atoms with van der Waals surface area (Å²) in [5.74, 6) is -0.122. The van der Waals surface area contributed by atoms with Gasteiger partial charge in [0.25, 0.3) is 0 Å². The molecule has 1 heterocycles. The monoisotopic (exact) mass is 444 g/mol. The Morgan fingerprint density at radius 2 is 1.58 bits per heavy atom. The standard InChI is InChI=1S/C25H33O5P/c1-3-24(4-2,19-31(27,28)29)25(21-15-9-6-10-16-21,22-17-11-12-18-30-22)23(26)20-13-7-5-8-14-20/h5-10,13-16,22H,3-4,11-12,17-19H2,1-2H3,(H2,27,28,29). The van der Waals surface area contributed by atoms with E-state index in [1.54, 1.807) is 12.1 Å². The van der Waals surface area contributed by atoms with Crippen molar-refractivity contribution in [2.45, 2.75) is 57.5 Å². The number of hydrogen-bond acceptors (Lipinski definition) is 3. The summed E-state index contributed by atoms with van der Waals surface area (Å²) in [7, 11) is -4.43. The zero-order valence-corrected chi connectivity index (χ0v) is 19.3. The molecule has 0 aromatic heterocycles. The van der Waals surface area contributed by atoms with Gasteiger partial charge in [0.1, 0.15) is 0 Å². The van der Waals surface area contributed by atoms with Gasteiger partial charge in [-0.05, 0) is 37.7 Å². The van der Waals surface area contributed by atoms with Crippen molar-refractivity contribution in [1.82, 2.24) is 0 Å². The molecule has 2 unspecified atom stereocenters. The van der Waals surface area contributed by atoms with Crippen molar-refractivity contribution in [3.05, 3.63) is 71.8 Å². The first kappa shape index (κ1) is 23.9. The summed E-state index contributed by atoms with van der Waals surface area (Å²) in [6.07, 6.45) is 2.59. The van der Waals surface area contributed by atoms with Gasteiger partial charge < -0.3 is 14.5 Å². The van der Waals surface area contributed by atoms with E-state index in [-0.39, 0.29) is 11.9 Å². The minimum absolute atomic E-state index is 0.122. The van der Waals surface area contributed by atoms with Crippen molar-refractivity contribution in [2.24, 2.45) is 5.41 Å². The summed E-state index contributed by atoms with van der Waals surface area (Å²) >= 11 is 0. The van der Waals surface area contributed by atoms with Crippen LogP contribution in [0.15, 0.2) is 60.7 Å². The maximum atomic E-state index is 14.5. The Labute approximate surface area is 185 Å². The lowest BCUT2D eigenvalue weighted by atomic mass is 9.52. The number of benzene rings is 2. The molecule has 2 aromatic carbocycles. The Balaban J connectivity index is 2.38. The molecule has 1 saturated heterocycles. The molecule has 0 aliphatic carbocycles. The molecule has 1 aliphatic rings. The molecule has 1 aliphatic heterocycles. The zero-order chi connectivity index (χ0) is 22.5. The van der Waals surface area contributed by atoms with Crippen LogP contribution in [0.2, 0.25) is 0 Å². The van der Waals surface area contributed by atoms with Crippen LogP contribution >= 0.6 is 7.60 Å². The van der Waals surface area contributed by atoms with Crippen molar-refractivity contribution >= 4 is 13.4 Å². The molecule has 0 amide bonds. The van der Waals surface area contributed by atoms with Crippen LogP contribution in [0, 0.1) is 5.41 Å². The van der Waals surface area contributed by atoms with Gasteiger partial charge in [0, 0.05) is 17.6 Å². The quantitative estimate of drug-likeness (QED) is 0.402. The molecule has 6 heteroatoms. The van der Waals surface area contributed by atoms with E-state index in [1.807, 2.05) is 62.4 Å². The topological polar surface area (TPSA) is 83.8 Å². The first-order chi connectivity index (χ1) is 14.8. The third kappa shape index (κ3) is 4.56. The highest BCUT2D eigenvalue weighted by Crippen LogP contribution is 2.59. The van der Waals surface area contributed by atoms with Crippen LogP contribution in [0.1, 0.15) is 61.9 Å². The second-order valence-corrected chi connectivity index (χ2v) is 10.2. The predicted molar refractivity (Wildman–Crippen MR) is 122 cm³/mol. The molecule has 2 aromatic rings. The van der Waals surface area contributed by atoms with Crippen LogP contribution in [0.3, 0.4) is 0 Å². The van der Waals surface area contributed by atoms with Crippen molar-refractivity contribution in [3.8, 4) is 0 Å². The van der Waals surface area contributed by atoms with Gasteiger partial charge in [0.2, 0.25) is 0 Å². The van der Waals surface area contributed by atoms with Gasteiger partial charge in [-0.25, -0.2) is 0 Å². The number of ketones is 1. The predicted octanol–water partition coefficient (Wildman–Crippen LogP) is 5.36. The van der Waals surface area contributed by atoms with Crippen LogP contribution in [0.5, 0.6) is 0 Å². The van der Waals surface area contributed by atoms with E-state index in [9.17, 15) is 19.1 Å². The van der Waals surface area contributed by atoms with E-state index >= 15 is 0 Å². The van der Waals surface area contributed by atoms with Crippen LogP contribution < -0.4 is 0 Å². The Morgan fingerprint density at radius 1 is 1.00 bits per heavy atom. The summed E-state index contributed by atoms with van der Waals surface area (Å²) in [5.41, 5.74) is -0.867. The summed E-state index contributed by atoms with van der Waals surface area (Å²) in [4.78, 5) is 34.8. The Hall–Kier alpha value is -1.78. The molecule has 2 atom stereocenters. The van der Waals surface area contributed by atoms with E-state index < -0.39 is 24.5 Å². The smallest absolute Gasteiger partial charge is 0.326 e. The molecular weight excluding hydrogens is 411 g/mol. The number of hydrogen-bond donors (Lipinski definition) is 2. The lowest BCUT2D eigenvalue weighted by molar-refractivity contribution is -0.0688. The van der Waals surface area contributed by atoms with Crippen LogP contribution in [-0.4, -0.2) is 34.4 Å². The summed E-state index contributed by atoms with van der Waals surface area (Å²) in [5, 5.41) is 0. The Morgan fingerprint density at radius 3 is 2.06 bits per heavy atom. The molecule has 0 radical (unpaired) electrons. The van der Waals surface area contributed by atoms with E-state index in [0.29, 0.717) is 31.4 Å². The van der Waals surface area contributed by atoms with Gasteiger partial charge in [-0.15, -0.1) is 0 Å². The van der Waals surface area contributed by atoms with Gasteiger partial charge in [-0.1, -0.05) is 74.5 Å². The van der Waals surface area contributed by atoms with Gasteiger partial charge in [0.15, 0.2) is 5.78 Å². The lowest BCUT2D eigenvalue weighted by Gasteiger charge is -2.54. The molecule has 31 heavy (non-hydrogen) atoms. The van der Waals surface area contributed by atoms with E-state index in [0.717, 1.165) is 18.4 Å². The van der Waals surface area contributed by atoms with E-state index in [1.165, 1.54) is 0 Å². The van der Waals surface area contributed by atoms with Gasteiger partial charge >= 0.3 is 7.60 Å². The summed E-state index contributed by atoms with van der Waals surface area (Å²) in [6.45, 7) is 4.40. The maximum Gasteiger partial charge on any atom is 0.326 e. The van der Waals surface area contributed by atoms with Crippen molar-refractivity contribution < 1.29 is 23.9 Å². The number of Topliss-reactive ketones (excluding diaryl/α,β-unsaturated/α-hetero) is 1. The largest absolute Gasteiger partial charge is 0.377 e. The average Bonchev–Trinajstić information content (AvgIpc) is 2.80. The summed E-state index contributed by atoms with van der Waals surface area (Å²) in [6, 6.07) is 18.6. The van der Waals surface area contributed by atoms with E-state index in [2.05, 4.69) is 0 Å². The van der Waals surface area contributed by atoms with Gasteiger partial charge in [-0.2, -0.15) is 0 Å². The maximum absolute atomic E-state index is 14.5. The molecule has 5 nitrogen and oxygen atoms in total. The van der Waals surface area contributed by atoms with Crippen LogP contribution in [0.25, 0.3) is 0 Å². The first-order valence-electron chi connectivity index (χ1n) is 11.1. The highest BCUT2D eigenvalue weighted by atomic mass is 31.2. The second kappa shape index (κ2) is 9.79. The van der Waals surface area contributed by atoms with Crippen molar-refractivity contribution in [1.29, 1.82) is 0 Å². The zero-order valence-electron chi connectivity index (χ0n) is 18.4.